The van der Waals surface area contributed by atoms with Gasteiger partial charge in [-0.25, -0.2) is 0 Å². The lowest BCUT2D eigenvalue weighted by Gasteiger charge is -2.02. The van der Waals surface area contributed by atoms with Crippen molar-refractivity contribution in [3.63, 3.8) is 0 Å². The maximum atomic E-state index is 11.0. The molecule has 0 spiro atoms. The fourth-order valence-electron chi connectivity index (χ4n) is 0.764. The number of rotatable bonds is 7. The zero-order valence-electron chi connectivity index (χ0n) is 8.26. The van der Waals surface area contributed by atoms with E-state index in [1.54, 1.807) is 11.8 Å². The predicted octanol–water partition coefficient (Wildman–Crippen LogP) is 1.47. The van der Waals surface area contributed by atoms with E-state index in [1.165, 1.54) is 0 Å². The van der Waals surface area contributed by atoms with Gasteiger partial charge in [-0.15, -0.1) is 0 Å². The van der Waals surface area contributed by atoms with Gasteiger partial charge in [-0.05, 0) is 5.75 Å². The van der Waals surface area contributed by atoms with Gasteiger partial charge in [0.05, 0.1) is 5.75 Å². The average Bonchev–Trinajstić information content (AvgIpc) is 2.14. The fraction of sp³-hybridized carbons (Fsp3) is 0.778. The molecule has 0 fully saturated rings. The first-order valence-electron chi connectivity index (χ1n) is 4.56. The highest BCUT2D eigenvalue weighted by Gasteiger charge is 2.01. The molecule has 0 aromatic rings. The van der Waals surface area contributed by atoms with Crippen molar-refractivity contribution < 1.29 is 11.0 Å². The van der Waals surface area contributed by atoms with Gasteiger partial charge >= 0.3 is 0 Å². The Morgan fingerprint density at radius 2 is 2.08 bits per heavy atom. The number of nitrogens with one attached hydrogen (secondary N) is 1. The second-order valence-corrected chi connectivity index (χ2v) is 3.90. The van der Waals surface area contributed by atoms with Crippen LogP contribution in [0.5, 0.6) is 0 Å². The molecule has 3 nitrogen and oxygen atoms in total. The van der Waals surface area contributed by atoms with Crippen molar-refractivity contribution in [2.24, 2.45) is 0 Å². The van der Waals surface area contributed by atoms with Crippen molar-refractivity contribution in [3.8, 4) is 0 Å². The quantitative estimate of drug-likeness (QED) is 0.684. The standard InChI is InChI=1S/C9H17NO2S.H2/c1-3-8(11)5-6-10-9(12)7-13-4-2;/h3-7H2,1-2H3,(H,10,12);1H. The highest BCUT2D eigenvalue weighted by Crippen LogP contribution is 1.96. The minimum Gasteiger partial charge on any atom is -0.355 e. The Labute approximate surface area is 85.1 Å². The summed E-state index contributed by atoms with van der Waals surface area (Å²) in [5.41, 5.74) is 0. The normalized spacial score (nSPS) is 9.69. The SMILES string of the molecule is CCSCC(=O)NCCC(=O)CC.[HH]. The molecule has 0 aliphatic heterocycles. The summed E-state index contributed by atoms with van der Waals surface area (Å²) in [6.45, 7) is 4.32. The fourth-order valence-corrected chi connectivity index (χ4v) is 1.26. The first kappa shape index (κ1) is 12.5. The van der Waals surface area contributed by atoms with E-state index >= 15 is 0 Å². The minimum absolute atomic E-state index is 0. The monoisotopic (exact) mass is 205 g/mol. The number of thioether (sulfide) groups is 1. The number of hydrogen-bond acceptors (Lipinski definition) is 3. The molecule has 0 saturated heterocycles. The van der Waals surface area contributed by atoms with Gasteiger partial charge in [-0.3, -0.25) is 9.59 Å². The molecule has 0 aliphatic rings. The number of Topliss-reactive ketones (excluding diaryl/α,β-unsaturated/α-hetero) is 1. The van der Waals surface area contributed by atoms with E-state index < -0.39 is 0 Å². The Morgan fingerprint density at radius 1 is 1.38 bits per heavy atom. The topological polar surface area (TPSA) is 46.2 Å². The maximum Gasteiger partial charge on any atom is 0.230 e. The zero-order valence-corrected chi connectivity index (χ0v) is 9.08. The van der Waals surface area contributed by atoms with Crippen LogP contribution in [0.25, 0.3) is 0 Å². The Hall–Kier alpha value is -0.510. The summed E-state index contributed by atoms with van der Waals surface area (Å²) < 4.78 is 0. The minimum atomic E-state index is 0. The molecule has 4 heteroatoms. The second kappa shape index (κ2) is 8.10. The number of carbonyl (C=O) groups excluding carboxylic acids is 2. The lowest BCUT2D eigenvalue weighted by Crippen LogP contribution is -2.27. The lowest BCUT2D eigenvalue weighted by molar-refractivity contribution is -0.119. The van der Waals surface area contributed by atoms with Gasteiger partial charge in [0.25, 0.3) is 0 Å². The third kappa shape index (κ3) is 7.84. The summed E-state index contributed by atoms with van der Waals surface area (Å²) in [6, 6.07) is 0. The van der Waals surface area contributed by atoms with Crippen LogP contribution in [0.2, 0.25) is 0 Å². The van der Waals surface area contributed by atoms with Gasteiger partial charge in [0.1, 0.15) is 5.78 Å². The van der Waals surface area contributed by atoms with Crippen LogP contribution in [0.4, 0.5) is 0 Å². The van der Waals surface area contributed by atoms with Gasteiger partial charge < -0.3 is 5.32 Å². The van der Waals surface area contributed by atoms with Crippen LogP contribution in [0.1, 0.15) is 28.1 Å². The van der Waals surface area contributed by atoms with Crippen molar-refractivity contribution in [2.45, 2.75) is 26.7 Å². The first-order valence-corrected chi connectivity index (χ1v) is 5.72. The van der Waals surface area contributed by atoms with E-state index in [4.69, 9.17) is 0 Å². The van der Waals surface area contributed by atoms with Gasteiger partial charge in [-0.1, -0.05) is 13.8 Å². The smallest absolute Gasteiger partial charge is 0.230 e. The number of carbonyl (C=O) groups is 2. The summed E-state index contributed by atoms with van der Waals surface area (Å²) in [5, 5.41) is 2.70. The highest BCUT2D eigenvalue weighted by molar-refractivity contribution is 7.99. The third-order valence-corrected chi connectivity index (χ3v) is 2.43. The number of ketones is 1. The van der Waals surface area contributed by atoms with Crippen LogP contribution < -0.4 is 5.32 Å². The molecular weight excluding hydrogens is 186 g/mol. The summed E-state index contributed by atoms with van der Waals surface area (Å²) in [5.74, 6) is 1.66. The molecule has 0 saturated carbocycles. The average molecular weight is 205 g/mol. The van der Waals surface area contributed by atoms with Crippen LogP contribution >= 0.6 is 11.8 Å². The Morgan fingerprint density at radius 3 is 2.62 bits per heavy atom. The van der Waals surface area contributed by atoms with Gasteiger partial charge in [0, 0.05) is 20.8 Å². The van der Waals surface area contributed by atoms with Crippen LogP contribution in [-0.4, -0.2) is 29.7 Å². The van der Waals surface area contributed by atoms with Crippen LogP contribution in [0.3, 0.4) is 0 Å². The molecule has 1 amide bonds. The molecule has 0 aromatic heterocycles. The molecule has 0 bridgehead atoms. The van der Waals surface area contributed by atoms with Crippen molar-refractivity contribution in [1.82, 2.24) is 5.32 Å². The summed E-state index contributed by atoms with van der Waals surface area (Å²) in [6.07, 6.45) is 1.01. The van der Waals surface area contributed by atoms with Crippen molar-refractivity contribution in [3.05, 3.63) is 0 Å². The Balaban J connectivity index is 0. The molecule has 0 heterocycles. The maximum absolute atomic E-state index is 11.0. The van der Waals surface area contributed by atoms with Crippen LogP contribution in [0.15, 0.2) is 0 Å². The van der Waals surface area contributed by atoms with Gasteiger partial charge in [0.15, 0.2) is 0 Å². The first-order chi connectivity index (χ1) is 6.20. The Kier molecular flexibility index (Phi) is 7.79. The van der Waals surface area contributed by atoms with Crippen molar-refractivity contribution >= 4 is 23.5 Å². The van der Waals surface area contributed by atoms with E-state index in [0.29, 0.717) is 25.1 Å². The summed E-state index contributed by atoms with van der Waals surface area (Å²) >= 11 is 1.58. The zero-order chi connectivity index (χ0) is 10.1. The summed E-state index contributed by atoms with van der Waals surface area (Å²) in [4.78, 5) is 21.9. The van der Waals surface area contributed by atoms with Crippen LogP contribution in [-0.2, 0) is 9.59 Å². The van der Waals surface area contributed by atoms with Crippen molar-refractivity contribution in [2.75, 3.05) is 18.1 Å². The molecular formula is C9H19NO2S. The Bertz CT molecular complexity index is 176. The molecule has 0 aliphatic carbocycles. The number of amides is 1. The molecule has 0 rings (SSSR count). The second-order valence-electron chi connectivity index (χ2n) is 2.63. The lowest BCUT2D eigenvalue weighted by atomic mass is 10.2. The van der Waals surface area contributed by atoms with E-state index in [-0.39, 0.29) is 13.1 Å². The molecule has 0 radical (unpaired) electrons. The van der Waals surface area contributed by atoms with Gasteiger partial charge in [0.2, 0.25) is 5.91 Å². The van der Waals surface area contributed by atoms with E-state index in [2.05, 4.69) is 5.32 Å². The molecule has 78 valence electrons. The molecule has 13 heavy (non-hydrogen) atoms. The van der Waals surface area contributed by atoms with E-state index in [9.17, 15) is 9.59 Å². The molecule has 0 aromatic carbocycles. The van der Waals surface area contributed by atoms with E-state index in [0.717, 1.165) is 5.75 Å². The summed E-state index contributed by atoms with van der Waals surface area (Å²) in [7, 11) is 0. The highest BCUT2D eigenvalue weighted by atomic mass is 32.2. The molecule has 0 atom stereocenters. The van der Waals surface area contributed by atoms with Crippen LogP contribution in [0, 0.1) is 0 Å². The molecule has 1 N–H and O–H groups in total. The van der Waals surface area contributed by atoms with Crippen molar-refractivity contribution in [1.29, 1.82) is 0 Å². The number of hydrogen-bond donors (Lipinski definition) is 1. The largest absolute Gasteiger partial charge is 0.355 e. The molecule has 0 unspecified atom stereocenters. The van der Waals surface area contributed by atoms with Gasteiger partial charge in [-0.2, -0.15) is 11.8 Å². The predicted molar refractivity (Wildman–Crippen MR) is 58.0 cm³/mol. The van der Waals surface area contributed by atoms with E-state index in [1.807, 2.05) is 13.8 Å². The third-order valence-electron chi connectivity index (χ3n) is 1.56.